The van der Waals surface area contributed by atoms with Gasteiger partial charge in [0.2, 0.25) is 0 Å². The average molecular weight is 1640 g/mol. The van der Waals surface area contributed by atoms with Crippen molar-refractivity contribution in [2.75, 3.05) is 0 Å². The van der Waals surface area contributed by atoms with Gasteiger partial charge in [0.25, 0.3) is 41.5 Å². The van der Waals surface area contributed by atoms with E-state index in [0.29, 0.717) is 16.9 Å². The number of carbonyl (C=O) groups is 4. The summed E-state index contributed by atoms with van der Waals surface area (Å²) in [5.41, 5.74) is 19.1. The van der Waals surface area contributed by atoms with Crippen molar-refractivity contribution >= 4 is 169 Å². The third kappa shape index (κ3) is 32.1. The molecule has 8 aromatic rings. The van der Waals surface area contributed by atoms with E-state index in [2.05, 4.69) is 101 Å². The second-order valence-corrected chi connectivity index (χ2v) is 22.4. The van der Waals surface area contributed by atoms with Crippen molar-refractivity contribution in [3.63, 3.8) is 0 Å². The number of benzene rings is 4. The lowest BCUT2D eigenvalue weighted by Crippen LogP contribution is -2.38. The molecule has 0 fully saturated rings. The number of nitrogens with zero attached hydrogens (tertiary/aromatic N) is 16. The molecule has 4 heterocycles. The zero-order chi connectivity index (χ0) is 79.0. The third-order valence-corrected chi connectivity index (χ3v) is 13.4. The summed E-state index contributed by atoms with van der Waals surface area (Å²) in [6, 6.07) is 21.5. The summed E-state index contributed by atoms with van der Waals surface area (Å²) in [5, 5.41) is 19.0. The molecule has 0 aliphatic carbocycles. The van der Waals surface area contributed by atoms with Gasteiger partial charge in [0.15, 0.2) is 29.2 Å². The van der Waals surface area contributed by atoms with Crippen LogP contribution < -0.4 is 48.9 Å². The van der Waals surface area contributed by atoms with Crippen LogP contribution in [0.4, 0.5) is 63.2 Å². The summed E-state index contributed by atoms with van der Waals surface area (Å²) in [4.78, 5) is 109. The van der Waals surface area contributed by atoms with E-state index in [4.69, 9.17) is 74.6 Å². The maximum Gasteiger partial charge on any atom is 0.573 e. The lowest BCUT2D eigenvalue weighted by Gasteiger charge is -2.15. The second kappa shape index (κ2) is 44.4. The standard InChI is InChI=1S/C17H15ClF3N5O.C16H14ClF3N6O2.C16H14ClF3N6O.C16H14ClN7O.2H2S/c1-10(15(24-9-22)26-14-4-2-3-5-23-14)25-16(27)11-6-12(17(19,20)21)8-13(18)7-11;1-9(13(24-8-21)26-15-22-3-2-4-23-15)25-14(27)10-5-11(17)7-12(6-10)28-16(18,19)20;1-9(13(24-8-21)26-15-22-3-2-4-23-15)25-14(27)10-5-11(16(18,19)20)7-12(17)6-10;1-10(14(22-9-19)24-16-20-3-2-4-21-16)23-15(25)12-5-11(8-18)6-13(17)7-12;;/h2-10H,1H3,(H,25,27)(H2,22,23,24,26);2-9H,1H3,(H,25,27)(H2,21,22,23,24,26);2-9H,1H3,(H,25,27)(H2,21,22,23,24,26);2-7,9-10H,1H3,(H,23,25)(H2,19,20,21,22,24);2*1H2/t10-;;9-;;;/m0.0.../s1. The fourth-order valence-electron chi connectivity index (χ4n) is 7.97. The van der Waals surface area contributed by atoms with Crippen molar-refractivity contribution in [3.8, 4) is 11.8 Å². The Morgan fingerprint density at radius 1 is 0.431 bits per heavy atom. The maximum absolute atomic E-state index is 12.9. The van der Waals surface area contributed by atoms with Crippen LogP contribution in [0.2, 0.25) is 20.1 Å². The number of ether oxygens (including phenoxy) is 1. The van der Waals surface area contributed by atoms with Crippen LogP contribution in [0.3, 0.4) is 0 Å². The minimum atomic E-state index is -4.92. The quantitative estimate of drug-likeness (QED) is 0.0238. The molecule has 4 amide bonds. The number of pyridine rings is 1. The van der Waals surface area contributed by atoms with Gasteiger partial charge in [0, 0.05) is 85.7 Å². The van der Waals surface area contributed by atoms with Gasteiger partial charge in [-0.05, 0) is 131 Å². The maximum atomic E-state index is 12.9. The van der Waals surface area contributed by atoms with Crippen molar-refractivity contribution in [1.82, 2.24) is 56.2 Å². The van der Waals surface area contributed by atoms with E-state index in [1.807, 2.05) is 6.07 Å². The second-order valence-electron chi connectivity index (χ2n) is 20.6. The van der Waals surface area contributed by atoms with Crippen LogP contribution in [0.1, 0.15) is 85.8 Å². The van der Waals surface area contributed by atoms with Crippen molar-refractivity contribution in [1.29, 1.82) is 5.26 Å². The summed E-state index contributed by atoms with van der Waals surface area (Å²) in [7, 11) is 0. The molecule has 0 spiro atoms. The topological polar surface area (TPSA) is 443 Å². The number of aliphatic imine (C=N–C) groups is 8. The number of nitrogens with one attached hydrogen (secondary N) is 4. The molecule has 0 radical (unpaired) electrons. The van der Waals surface area contributed by atoms with Gasteiger partial charge in [0.1, 0.15) is 5.75 Å². The molecule has 29 nitrogen and oxygen atoms in total. The van der Waals surface area contributed by atoms with Crippen molar-refractivity contribution in [2.24, 2.45) is 62.9 Å². The number of rotatable bonds is 17. The number of halogens is 13. The zero-order valence-corrected chi connectivity index (χ0v) is 61.5. The van der Waals surface area contributed by atoms with Crippen LogP contribution in [0.15, 0.2) is 193 Å². The monoisotopic (exact) mass is 1630 g/mol. The molecule has 0 saturated heterocycles. The van der Waals surface area contributed by atoms with E-state index >= 15 is 0 Å². The van der Waals surface area contributed by atoms with Gasteiger partial charge < -0.3 is 48.9 Å². The third-order valence-electron chi connectivity index (χ3n) is 12.6. The molecule has 0 aliphatic rings. The Bertz CT molecular complexity index is 4520. The average Bonchev–Trinajstić information content (AvgIpc) is 0.831. The molecule has 4 atom stereocenters. The van der Waals surface area contributed by atoms with E-state index in [1.54, 1.807) is 57.2 Å². The van der Waals surface area contributed by atoms with Crippen molar-refractivity contribution in [3.05, 3.63) is 212 Å². The molecular weight excluding hydrogens is 1570 g/mol. The van der Waals surface area contributed by atoms with Crippen molar-refractivity contribution in [2.45, 2.75) is 70.6 Å². The molecule has 0 saturated carbocycles. The lowest BCUT2D eigenvalue weighted by atomic mass is 10.1. The minimum absolute atomic E-state index is 0. The molecule has 12 N–H and O–H groups in total. The number of nitrogens with two attached hydrogens (primary N) is 4. The molecule has 4 aromatic carbocycles. The van der Waals surface area contributed by atoms with Crippen LogP contribution in [-0.2, 0) is 12.4 Å². The molecule has 44 heteroatoms. The number of carbonyl (C=O) groups excluding carboxylic acids is 4. The van der Waals surface area contributed by atoms with Gasteiger partial charge in [-0.3, -0.25) is 19.2 Å². The van der Waals surface area contributed by atoms with Gasteiger partial charge in [0.05, 0.1) is 72.3 Å². The molecule has 8 rings (SSSR count). The Balaban J connectivity index is 0.000000375. The fraction of sp³-hybridized carbons (Fsp3) is 0.169. The van der Waals surface area contributed by atoms with Gasteiger partial charge in [-0.15, -0.1) is 13.2 Å². The fourth-order valence-corrected chi connectivity index (χ4v) is 8.90. The molecule has 109 heavy (non-hydrogen) atoms. The van der Waals surface area contributed by atoms with Crippen LogP contribution >= 0.6 is 73.4 Å². The Morgan fingerprint density at radius 3 is 1.04 bits per heavy atom. The number of amides is 4. The van der Waals surface area contributed by atoms with Gasteiger partial charge in [-0.2, -0.15) is 73.6 Å². The first-order valence-electron chi connectivity index (χ1n) is 29.9. The van der Waals surface area contributed by atoms with E-state index in [0.717, 1.165) is 67.8 Å². The van der Waals surface area contributed by atoms with Gasteiger partial charge in [-0.1, -0.05) is 52.5 Å². The Morgan fingerprint density at radius 2 is 0.734 bits per heavy atom. The number of hydrogen-bond acceptors (Lipinski definition) is 17. The predicted molar refractivity (Wildman–Crippen MR) is 405 cm³/mol. The molecule has 2 unspecified atom stereocenters. The largest absolute Gasteiger partial charge is 0.573 e. The number of alkyl halides is 9. The first kappa shape index (κ1) is 91.4. The van der Waals surface area contributed by atoms with E-state index in [1.165, 1.54) is 74.6 Å². The number of aromatic nitrogens is 7. The predicted octanol–water partition coefficient (Wildman–Crippen LogP) is 11.5. The number of amidine groups is 4. The highest BCUT2D eigenvalue weighted by Gasteiger charge is 2.34. The minimum Gasteiger partial charge on any atom is -0.406 e. The van der Waals surface area contributed by atoms with E-state index in [9.17, 15) is 58.7 Å². The summed E-state index contributed by atoms with van der Waals surface area (Å²) in [5.74, 6) is -2.13. The normalized spacial score (nSPS) is 13.1. The first-order valence-corrected chi connectivity index (χ1v) is 31.4. The van der Waals surface area contributed by atoms with E-state index < -0.39 is 83.4 Å². The van der Waals surface area contributed by atoms with E-state index in [-0.39, 0.29) is 111 Å². The lowest BCUT2D eigenvalue weighted by molar-refractivity contribution is -0.274. The summed E-state index contributed by atoms with van der Waals surface area (Å²) in [6.07, 6.45) is 0.268. The van der Waals surface area contributed by atoms with Crippen LogP contribution in [0, 0.1) is 11.3 Å². The Labute approximate surface area is 647 Å². The molecule has 0 aliphatic heterocycles. The number of nitriles is 1. The molecular formula is C65H61Cl4F9N24O5S2. The molecule has 574 valence electrons. The highest BCUT2D eigenvalue weighted by atomic mass is 35.5. The van der Waals surface area contributed by atoms with Crippen LogP contribution in [0.5, 0.6) is 5.75 Å². The smallest absolute Gasteiger partial charge is 0.406 e. The Hall–Kier alpha value is -11.8. The van der Waals surface area contributed by atoms with Crippen molar-refractivity contribution < 1.29 is 63.4 Å². The SMILES string of the molecule is CC(NC(=O)c1cc(Cl)cc(C#N)c1)C(N=CN)=Nc1ncccn1.CC(NC(=O)c1cc(Cl)cc(OC(F)(F)F)c1)C(N=CN)=Nc1ncccn1.C[C@H](NC(=O)c1cc(Cl)cc(C(F)(F)F)c1)C(N=CN)=Nc1ccccn1.C[C@H](NC(=O)c1cc(Cl)cc(C(F)(F)F)c1)C(N=CN)=Nc1ncccn1.S.S. The van der Waals surface area contributed by atoms with Gasteiger partial charge >= 0.3 is 18.7 Å². The first-order chi connectivity index (χ1) is 50.6. The highest BCUT2D eigenvalue weighted by Crippen LogP contribution is 2.34. The van der Waals surface area contributed by atoms with Crippen LogP contribution in [0.25, 0.3) is 0 Å². The number of hydrogen-bond donors (Lipinski definition) is 8. The highest BCUT2D eigenvalue weighted by molar-refractivity contribution is 7.59. The Kier molecular flexibility index (Phi) is 37.2. The molecule has 4 aromatic heterocycles. The summed E-state index contributed by atoms with van der Waals surface area (Å²) >= 11 is 23.1. The van der Waals surface area contributed by atoms with Gasteiger partial charge in [-0.25, -0.2) is 59.8 Å². The molecule has 0 bridgehead atoms. The van der Waals surface area contributed by atoms with Crippen LogP contribution in [-0.4, -0.2) is 138 Å². The zero-order valence-electron chi connectivity index (χ0n) is 56.5. The summed E-state index contributed by atoms with van der Waals surface area (Å²) < 4.78 is 118. The summed E-state index contributed by atoms with van der Waals surface area (Å²) in [6.45, 7) is 6.32.